The number of nitrogens with zero attached hydrogens (tertiary/aromatic N) is 1. The Morgan fingerprint density at radius 3 is 2.79 bits per heavy atom. The highest BCUT2D eigenvalue weighted by Crippen LogP contribution is 2.32. The first kappa shape index (κ1) is 21.4. The van der Waals surface area contributed by atoms with Crippen LogP contribution in [0, 0.1) is 0 Å². The molecule has 1 saturated heterocycles. The van der Waals surface area contributed by atoms with Gasteiger partial charge >= 0.3 is 5.97 Å². The van der Waals surface area contributed by atoms with E-state index in [1.54, 1.807) is 24.1 Å². The van der Waals surface area contributed by atoms with Crippen molar-refractivity contribution in [3.05, 3.63) is 23.8 Å². The number of methoxy groups -OCH3 is 1. The Hall–Kier alpha value is -2.33. The highest BCUT2D eigenvalue weighted by atomic mass is 32.2. The van der Waals surface area contributed by atoms with E-state index >= 15 is 0 Å². The lowest BCUT2D eigenvalue weighted by molar-refractivity contribution is -0.151. The molecule has 0 bridgehead atoms. The van der Waals surface area contributed by atoms with Crippen LogP contribution in [0.2, 0.25) is 0 Å². The molecule has 3 atom stereocenters. The standard InChI is InChI=1S/C19H26N2O7S/c1-4-29(24,25)20-12-5-8-16-14(9-12)19(23)21(2)15-7-6-13(10-18(22)26-3)28-17(15)11-27-16/h5,8-9,13,15,17,20H,4,6-7,10-11H2,1-3H3/t13-,15-,17-/m1/s1. The lowest BCUT2D eigenvalue weighted by Crippen LogP contribution is -2.53. The first-order valence-electron chi connectivity index (χ1n) is 9.50. The summed E-state index contributed by atoms with van der Waals surface area (Å²) < 4.78 is 42.7. The van der Waals surface area contributed by atoms with E-state index in [2.05, 4.69) is 4.72 Å². The minimum atomic E-state index is -3.46. The molecule has 0 radical (unpaired) electrons. The number of amides is 1. The van der Waals surface area contributed by atoms with Crippen LogP contribution in [-0.2, 0) is 24.3 Å². The number of anilines is 1. The second-order valence-electron chi connectivity index (χ2n) is 7.16. The molecular weight excluding hydrogens is 400 g/mol. The molecule has 0 aromatic heterocycles. The Kier molecular flexibility index (Phi) is 6.33. The predicted octanol–water partition coefficient (Wildman–Crippen LogP) is 1.39. The van der Waals surface area contributed by atoms with Gasteiger partial charge in [-0.1, -0.05) is 0 Å². The van der Waals surface area contributed by atoms with E-state index < -0.39 is 10.0 Å². The van der Waals surface area contributed by atoms with Crippen LogP contribution in [0.3, 0.4) is 0 Å². The lowest BCUT2D eigenvalue weighted by atomic mass is 9.94. The third kappa shape index (κ3) is 4.81. The summed E-state index contributed by atoms with van der Waals surface area (Å²) in [5, 5.41) is 0. The zero-order valence-corrected chi connectivity index (χ0v) is 17.5. The molecule has 1 aromatic rings. The lowest BCUT2D eigenvalue weighted by Gasteiger charge is -2.42. The van der Waals surface area contributed by atoms with Gasteiger partial charge in [0, 0.05) is 12.7 Å². The minimum absolute atomic E-state index is 0.0672. The van der Waals surface area contributed by atoms with Crippen molar-refractivity contribution < 1.29 is 32.2 Å². The quantitative estimate of drug-likeness (QED) is 0.708. The number of likely N-dealkylation sites (N-methyl/N-ethyl adjacent to an activating group) is 1. The van der Waals surface area contributed by atoms with E-state index in [4.69, 9.17) is 14.2 Å². The Bertz CT molecular complexity index is 887. The summed E-state index contributed by atoms with van der Waals surface area (Å²) in [7, 11) is -0.422. The molecule has 2 aliphatic rings. The van der Waals surface area contributed by atoms with E-state index in [0.29, 0.717) is 29.8 Å². The molecule has 2 heterocycles. The molecule has 0 spiro atoms. The van der Waals surface area contributed by atoms with Gasteiger partial charge < -0.3 is 19.1 Å². The number of sulfonamides is 1. The van der Waals surface area contributed by atoms with Gasteiger partial charge in [-0.25, -0.2) is 8.42 Å². The Morgan fingerprint density at radius 1 is 1.34 bits per heavy atom. The molecule has 1 fully saturated rings. The number of esters is 1. The second kappa shape index (κ2) is 8.58. The molecule has 0 saturated carbocycles. The van der Waals surface area contributed by atoms with Gasteiger partial charge in [-0.15, -0.1) is 0 Å². The zero-order valence-electron chi connectivity index (χ0n) is 16.7. The Morgan fingerprint density at radius 2 is 2.10 bits per heavy atom. The maximum atomic E-state index is 13.1. The number of ether oxygens (including phenoxy) is 3. The van der Waals surface area contributed by atoms with Crippen molar-refractivity contribution >= 4 is 27.6 Å². The van der Waals surface area contributed by atoms with Crippen molar-refractivity contribution in [1.82, 2.24) is 4.90 Å². The van der Waals surface area contributed by atoms with E-state index in [0.717, 1.165) is 0 Å². The number of fused-ring (bicyclic) bond motifs is 2. The number of benzene rings is 1. The normalized spacial score (nSPS) is 24.4. The van der Waals surface area contributed by atoms with Gasteiger partial charge in [-0.05, 0) is 38.0 Å². The average molecular weight is 426 g/mol. The summed E-state index contributed by atoms with van der Waals surface area (Å²) in [5.41, 5.74) is 0.602. The summed E-state index contributed by atoms with van der Waals surface area (Å²) in [4.78, 5) is 26.2. The van der Waals surface area contributed by atoms with Crippen molar-refractivity contribution in [2.24, 2.45) is 0 Å². The molecule has 10 heteroatoms. The summed E-state index contributed by atoms with van der Waals surface area (Å²) in [5.74, 6) is -0.319. The van der Waals surface area contributed by atoms with Crippen molar-refractivity contribution in [3.63, 3.8) is 0 Å². The van der Waals surface area contributed by atoms with Crippen LogP contribution in [0.15, 0.2) is 18.2 Å². The van der Waals surface area contributed by atoms with E-state index in [-0.39, 0.29) is 48.9 Å². The fourth-order valence-electron chi connectivity index (χ4n) is 3.61. The van der Waals surface area contributed by atoms with Crippen LogP contribution in [-0.4, -0.2) is 70.0 Å². The number of carbonyl (C=O) groups is 2. The molecule has 0 aliphatic carbocycles. The topological polar surface area (TPSA) is 111 Å². The van der Waals surface area contributed by atoms with Crippen LogP contribution < -0.4 is 9.46 Å². The molecule has 1 amide bonds. The van der Waals surface area contributed by atoms with Crippen LogP contribution >= 0.6 is 0 Å². The Labute approximate surface area is 170 Å². The predicted molar refractivity (Wildman–Crippen MR) is 105 cm³/mol. The van der Waals surface area contributed by atoms with Gasteiger partial charge in [0.15, 0.2) is 0 Å². The molecule has 3 rings (SSSR count). The second-order valence-corrected chi connectivity index (χ2v) is 9.18. The fraction of sp³-hybridized carbons (Fsp3) is 0.579. The zero-order chi connectivity index (χ0) is 21.2. The third-order valence-electron chi connectivity index (χ3n) is 5.29. The van der Waals surface area contributed by atoms with Crippen LogP contribution in [0.5, 0.6) is 5.75 Å². The largest absolute Gasteiger partial charge is 0.490 e. The van der Waals surface area contributed by atoms with Crippen LogP contribution in [0.4, 0.5) is 5.69 Å². The monoisotopic (exact) mass is 426 g/mol. The van der Waals surface area contributed by atoms with Gasteiger partial charge in [0.25, 0.3) is 5.91 Å². The number of hydrogen-bond donors (Lipinski definition) is 1. The van der Waals surface area contributed by atoms with Crippen molar-refractivity contribution in [2.45, 2.75) is 44.4 Å². The molecule has 1 N–H and O–H groups in total. The van der Waals surface area contributed by atoms with Crippen LogP contribution in [0.1, 0.15) is 36.5 Å². The van der Waals surface area contributed by atoms with E-state index in [9.17, 15) is 18.0 Å². The number of carbonyl (C=O) groups excluding carboxylic acids is 2. The van der Waals surface area contributed by atoms with E-state index in [1.807, 2.05) is 0 Å². The molecule has 2 aliphatic heterocycles. The molecule has 29 heavy (non-hydrogen) atoms. The summed E-state index contributed by atoms with van der Waals surface area (Å²) in [6.07, 6.45) is 0.792. The van der Waals surface area contributed by atoms with Gasteiger partial charge in [0.1, 0.15) is 18.5 Å². The van der Waals surface area contributed by atoms with Gasteiger partial charge in [0.05, 0.1) is 37.0 Å². The first-order chi connectivity index (χ1) is 13.7. The minimum Gasteiger partial charge on any atom is -0.490 e. The average Bonchev–Trinajstić information content (AvgIpc) is 2.70. The number of rotatable bonds is 5. The highest BCUT2D eigenvalue weighted by Gasteiger charge is 2.39. The first-order valence-corrected chi connectivity index (χ1v) is 11.2. The maximum Gasteiger partial charge on any atom is 0.308 e. The van der Waals surface area contributed by atoms with Gasteiger partial charge in [-0.2, -0.15) is 0 Å². The third-order valence-corrected chi connectivity index (χ3v) is 6.59. The molecule has 9 nitrogen and oxygen atoms in total. The Balaban J connectivity index is 1.82. The van der Waals surface area contributed by atoms with Crippen LogP contribution in [0.25, 0.3) is 0 Å². The molecular formula is C19H26N2O7S. The van der Waals surface area contributed by atoms with Gasteiger partial charge in [-0.3, -0.25) is 14.3 Å². The van der Waals surface area contributed by atoms with Crippen molar-refractivity contribution in [2.75, 3.05) is 31.2 Å². The van der Waals surface area contributed by atoms with Crippen molar-refractivity contribution in [1.29, 1.82) is 0 Å². The highest BCUT2D eigenvalue weighted by molar-refractivity contribution is 7.92. The number of hydrogen-bond acceptors (Lipinski definition) is 7. The number of nitrogens with one attached hydrogen (secondary N) is 1. The summed E-state index contributed by atoms with van der Waals surface area (Å²) >= 11 is 0. The fourth-order valence-corrected chi connectivity index (χ4v) is 4.24. The summed E-state index contributed by atoms with van der Waals surface area (Å²) in [6.45, 7) is 1.75. The summed E-state index contributed by atoms with van der Waals surface area (Å²) in [6, 6.07) is 4.41. The molecule has 1 aromatic carbocycles. The SMILES string of the molecule is CCS(=O)(=O)Nc1ccc2c(c1)C(=O)N(C)[C@@H]1CC[C@H](CC(=O)OC)O[C@@H]1CO2. The van der Waals surface area contributed by atoms with E-state index in [1.165, 1.54) is 20.1 Å². The molecule has 0 unspecified atom stereocenters. The van der Waals surface area contributed by atoms with Gasteiger partial charge in [0.2, 0.25) is 10.0 Å². The smallest absolute Gasteiger partial charge is 0.308 e. The molecule has 160 valence electrons. The van der Waals surface area contributed by atoms with Crippen molar-refractivity contribution in [3.8, 4) is 5.75 Å². The maximum absolute atomic E-state index is 13.1.